The number of thioether (sulfide) groups is 1. The monoisotopic (exact) mass is 364 g/mol. The Morgan fingerprint density at radius 3 is 2.68 bits per heavy atom. The van der Waals surface area contributed by atoms with Crippen LogP contribution in [0.15, 0.2) is 0 Å². The number of quaternary nitrogens is 1. The predicted molar refractivity (Wildman–Crippen MR) is 99.8 cm³/mol. The maximum atomic E-state index is 13.4. The Labute approximate surface area is 152 Å². The van der Waals surface area contributed by atoms with E-state index < -0.39 is 4.65 Å². The maximum Gasteiger partial charge on any atom is 0.254 e. The molecule has 2 fully saturated rings. The van der Waals surface area contributed by atoms with Crippen molar-refractivity contribution in [2.45, 2.75) is 13.3 Å². The van der Waals surface area contributed by atoms with E-state index in [1.165, 1.54) is 0 Å². The molecule has 2 saturated heterocycles. The van der Waals surface area contributed by atoms with E-state index in [1.54, 1.807) is 11.8 Å². The number of hydroxylamine groups is 2. The van der Waals surface area contributed by atoms with Gasteiger partial charge < -0.3 is 24.8 Å². The molecule has 9 heteroatoms. The van der Waals surface area contributed by atoms with Crippen molar-refractivity contribution in [3.8, 4) is 11.9 Å². The van der Waals surface area contributed by atoms with E-state index in [0.717, 1.165) is 44.1 Å². The van der Waals surface area contributed by atoms with Gasteiger partial charge in [0.15, 0.2) is 5.56 Å². The minimum atomic E-state index is -0.569. The van der Waals surface area contributed by atoms with E-state index in [-0.39, 0.29) is 17.3 Å². The number of hydrogen-bond acceptors (Lipinski definition) is 8. The van der Waals surface area contributed by atoms with Gasteiger partial charge in [0.2, 0.25) is 11.8 Å². The Balaban J connectivity index is 2.05. The number of nitriles is 1. The highest BCUT2D eigenvalue weighted by Gasteiger charge is 2.33. The van der Waals surface area contributed by atoms with Crippen molar-refractivity contribution in [2.75, 3.05) is 62.3 Å². The zero-order chi connectivity index (χ0) is 17.7. The lowest BCUT2D eigenvalue weighted by molar-refractivity contribution is 0.301. The molecular weight excluding hydrogens is 340 g/mol. The molecule has 0 saturated carbocycles. The van der Waals surface area contributed by atoms with Crippen LogP contribution in [0.1, 0.15) is 18.9 Å². The lowest BCUT2D eigenvalue weighted by Crippen LogP contribution is -2.51. The van der Waals surface area contributed by atoms with Gasteiger partial charge in [0, 0.05) is 37.7 Å². The van der Waals surface area contributed by atoms with E-state index in [4.69, 9.17) is 4.74 Å². The van der Waals surface area contributed by atoms with Crippen LogP contribution in [-0.4, -0.2) is 67.3 Å². The molecule has 1 aromatic heterocycles. The zero-order valence-electron chi connectivity index (χ0n) is 14.5. The van der Waals surface area contributed by atoms with Gasteiger partial charge in [0.05, 0.1) is 19.7 Å². The van der Waals surface area contributed by atoms with Crippen LogP contribution in [0.3, 0.4) is 0 Å². The van der Waals surface area contributed by atoms with Gasteiger partial charge in [-0.05, 0) is 6.42 Å². The fourth-order valence-electron chi connectivity index (χ4n) is 2.97. The summed E-state index contributed by atoms with van der Waals surface area (Å²) in [6, 6.07) is 2.12. The molecule has 8 nitrogen and oxygen atoms in total. The van der Waals surface area contributed by atoms with Gasteiger partial charge in [0.25, 0.3) is 5.82 Å². The molecule has 2 aliphatic heterocycles. The van der Waals surface area contributed by atoms with Gasteiger partial charge in [-0.3, -0.25) is 0 Å². The summed E-state index contributed by atoms with van der Waals surface area (Å²) in [7, 11) is 0. The van der Waals surface area contributed by atoms with Gasteiger partial charge in [0.1, 0.15) is 6.07 Å². The van der Waals surface area contributed by atoms with Crippen molar-refractivity contribution in [3.63, 3.8) is 0 Å². The number of hydrogen-bond donors (Lipinski definition) is 1. The summed E-state index contributed by atoms with van der Waals surface area (Å²) in [5.41, 5.74) is 0.189. The molecule has 3 heterocycles. The Morgan fingerprint density at radius 1 is 1.32 bits per heavy atom. The molecule has 3 rings (SSSR count). The van der Waals surface area contributed by atoms with Crippen molar-refractivity contribution < 1.29 is 4.74 Å². The second-order valence-electron chi connectivity index (χ2n) is 6.17. The quantitative estimate of drug-likeness (QED) is 0.613. The molecule has 0 bridgehead atoms. The topological polar surface area (TPSA) is 97.1 Å². The van der Waals surface area contributed by atoms with Crippen LogP contribution in [0.25, 0.3) is 0 Å². The molecule has 2 aliphatic rings. The predicted octanol–water partition coefficient (Wildman–Crippen LogP) is 1.10. The van der Waals surface area contributed by atoms with Crippen LogP contribution in [0.5, 0.6) is 5.88 Å². The zero-order valence-corrected chi connectivity index (χ0v) is 15.3. The van der Waals surface area contributed by atoms with E-state index >= 15 is 0 Å². The third kappa shape index (κ3) is 3.98. The van der Waals surface area contributed by atoms with Crippen LogP contribution >= 0.6 is 11.8 Å². The first kappa shape index (κ1) is 18.2. The van der Waals surface area contributed by atoms with Crippen molar-refractivity contribution in [2.24, 2.45) is 0 Å². The van der Waals surface area contributed by atoms with E-state index in [0.29, 0.717) is 25.6 Å². The second kappa shape index (κ2) is 8.19. The van der Waals surface area contributed by atoms with Crippen molar-refractivity contribution in [3.05, 3.63) is 10.8 Å². The van der Waals surface area contributed by atoms with E-state index in [1.807, 2.05) is 11.8 Å². The number of nitrogens with zero attached hydrogens (tertiary/aromatic N) is 5. The summed E-state index contributed by atoms with van der Waals surface area (Å²) in [5.74, 6) is 2.54. The number of nitrogens with one attached hydrogen (secondary N) is 1. The van der Waals surface area contributed by atoms with Gasteiger partial charge in [-0.25, -0.2) is 0 Å². The first-order chi connectivity index (χ1) is 12.2. The maximum absolute atomic E-state index is 13.4. The molecule has 136 valence electrons. The first-order valence-corrected chi connectivity index (χ1v) is 9.90. The average Bonchev–Trinajstić information content (AvgIpc) is 2.66. The Hall–Kier alpha value is -1.60. The molecule has 0 atom stereocenters. The standard InChI is InChI=1S/C16H24N6O2S/c1-2-9-24-15-13(12-17)14(22(23)7-10-25-11-8-22)19-16(20-15)21-5-3-18-4-6-21/h18H,2-11H2,1H3. The highest BCUT2D eigenvalue weighted by molar-refractivity contribution is 7.99. The minimum absolute atomic E-state index is 0.189. The molecule has 1 N–H and O–H groups in total. The fraction of sp³-hybridized carbons (Fsp3) is 0.688. The van der Waals surface area contributed by atoms with Crippen LogP contribution in [0.4, 0.5) is 11.8 Å². The normalized spacial score (nSPS) is 20.1. The Kier molecular flexibility index (Phi) is 5.96. The molecule has 25 heavy (non-hydrogen) atoms. The van der Waals surface area contributed by atoms with Gasteiger partial charge >= 0.3 is 0 Å². The Morgan fingerprint density at radius 2 is 2.04 bits per heavy atom. The third-order valence-corrected chi connectivity index (χ3v) is 5.32. The van der Waals surface area contributed by atoms with Crippen LogP contribution in [0, 0.1) is 16.5 Å². The van der Waals surface area contributed by atoms with E-state index in [9.17, 15) is 10.5 Å². The summed E-state index contributed by atoms with van der Waals surface area (Å²) in [6.45, 7) is 6.53. The molecule has 0 radical (unpaired) electrons. The Bertz CT molecular complexity index is 638. The summed E-state index contributed by atoms with van der Waals surface area (Å²) in [5, 5.41) is 26.3. The van der Waals surface area contributed by atoms with E-state index in [2.05, 4.69) is 21.4 Å². The summed E-state index contributed by atoms with van der Waals surface area (Å²) >= 11 is 1.76. The molecule has 0 spiro atoms. The molecule has 0 aromatic carbocycles. The van der Waals surface area contributed by atoms with Crippen molar-refractivity contribution >= 4 is 23.5 Å². The fourth-order valence-corrected chi connectivity index (χ4v) is 4.02. The second-order valence-corrected chi connectivity index (χ2v) is 7.40. The molecule has 0 aliphatic carbocycles. The van der Waals surface area contributed by atoms with Crippen molar-refractivity contribution in [1.29, 1.82) is 5.26 Å². The largest absolute Gasteiger partial charge is 0.626 e. The van der Waals surface area contributed by atoms with Crippen molar-refractivity contribution in [1.82, 2.24) is 19.9 Å². The third-order valence-electron chi connectivity index (χ3n) is 4.38. The number of ether oxygens (including phenoxy) is 1. The average molecular weight is 364 g/mol. The lowest BCUT2D eigenvalue weighted by atomic mass is 10.2. The van der Waals surface area contributed by atoms with Crippen LogP contribution in [-0.2, 0) is 0 Å². The SMILES string of the molecule is CCCOc1nc(N2CCNCC2)nc([N+]2([O-])CCSCC2)c1C#N. The highest BCUT2D eigenvalue weighted by Crippen LogP contribution is 2.34. The smallest absolute Gasteiger partial charge is 0.254 e. The molecule has 0 amide bonds. The first-order valence-electron chi connectivity index (χ1n) is 8.75. The van der Waals surface area contributed by atoms with Gasteiger partial charge in [-0.15, -0.1) is 0 Å². The number of piperazine rings is 1. The molecular formula is C16H24N6O2S. The summed E-state index contributed by atoms with van der Waals surface area (Å²) < 4.78 is 5.15. The summed E-state index contributed by atoms with van der Waals surface area (Å²) in [6.07, 6.45) is 0.807. The lowest BCUT2D eigenvalue weighted by Gasteiger charge is -2.43. The molecule has 1 aromatic rings. The summed E-state index contributed by atoms with van der Waals surface area (Å²) in [4.78, 5) is 11.1. The molecule has 0 unspecified atom stereocenters. The van der Waals surface area contributed by atoms with Crippen LogP contribution in [0.2, 0.25) is 0 Å². The minimum Gasteiger partial charge on any atom is -0.626 e. The number of anilines is 1. The number of rotatable bonds is 5. The highest BCUT2D eigenvalue weighted by atomic mass is 32.2. The van der Waals surface area contributed by atoms with Gasteiger partial charge in [-0.2, -0.15) is 27.0 Å². The van der Waals surface area contributed by atoms with Gasteiger partial charge in [-0.1, -0.05) is 6.92 Å². The number of aromatic nitrogens is 2. The van der Waals surface area contributed by atoms with Crippen LogP contribution < -0.4 is 19.6 Å².